The molecule has 0 radical (unpaired) electrons. The molecular formula is C16H11BrMgN4O2S2. The van der Waals surface area contributed by atoms with Gasteiger partial charge in [-0.25, -0.2) is 9.97 Å². The number of thiazole rings is 2. The fourth-order valence-electron chi connectivity index (χ4n) is 1.10. The second-order valence-corrected chi connectivity index (χ2v) is 6.12. The molecule has 6 nitrogen and oxygen atoms in total. The molecule has 2 aromatic rings. The average Bonchev–Trinajstić information content (AvgIpc) is 3.26. The number of aliphatic hydroxyl groups is 1. The van der Waals surface area contributed by atoms with Gasteiger partial charge in [-0.3, -0.25) is 4.79 Å². The maximum atomic E-state index is 10.6. The Morgan fingerprint density at radius 3 is 2.00 bits per heavy atom. The first kappa shape index (κ1) is 29.0. The average molecular weight is 460 g/mol. The minimum Gasteiger partial charge on any atom is -1.00 e. The van der Waals surface area contributed by atoms with Crippen LogP contribution >= 0.6 is 22.7 Å². The van der Waals surface area contributed by atoms with Crippen molar-refractivity contribution in [2.24, 2.45) is 0 Å². The van der Waals surface area contributed by atoms with Crippen LogP contribution in [-0.4, -0.2) is 43.9 Å². The van der Waals surface area contributed by atoms with Crippen LogP contribution in [0.4, 0.5) is 0 Å². The van der Waals surface area contributed by atoms with Gasteiger partial charge in [0.15, 0.2) is 16.4 Å². The van der Waals surface area contributed by atoms with Crippen molar-refractivity contribution in [2.75, 3.05) is 0 Å². The van der Waals surface area contributed by atoms with Crippen molar-refractivity contribution >= 4 is 51.5 Å². The molecule has 0 saturated heterocycles. The molecule has 0 spiro atoms. The molecule has 0 aliphatic rings. The summed E-state index contributed by atoms with van der Waals surface area (Å²) in [4.78, 5) is 19.1. The predicted octanol–water partition coefficient (Wildman–Crippen LogP) is -1.10. The fourth-order valence-corrected chi connectivity index (χ4v) is 2.43. The standard InChI is InChI=1S/C8H6N2OS.C6H4N2OS.C2H.BrH.Mg/c1-3-8(2,11)7-10-5-6(4-9)12-7;1-4(9)6-8-3-5(2-7)10-6;1-2;;/h1,5,11H,2H3;3H,1H3;1H;1H;/q;;-1;;+2/p-1. The Morgan fingerprint density at radius 1 is 1.23 bits per heavy atom. The third-order valence-electron chi connectivity index (χ3n) is 2.23. The molecule has 26 heavy (non-hydrogen) atoms. The number of Topliss-reactive ketones (excluding diaryl/α,β-unsaturated/α-hetero) is 1. The zero-order chi connectivity index (χ0) is 18.8. The summed E-state index contributed by atoms with van der Waals surface area (Å²) in [5.74, 6) is 2.10. The van der Waals surface area contributed by atoms with E-state index in [0.717, 1.165) is 22.7 Å². The van der Waals surface area contributed by atoms with E-state index in [0.29, 0.717) is 19.8 Å². The van der Waals surface area contributed by atoms with Crippen molar-refractivity contribution in [3.63, 3.8) is 0 Å². The monoisotopic (exact) mass is 458 g/mol. The number of halogens is 1. The Hall–Kier alpha value is -1.76. The fraction of sp³-hybridized carbons (Fsp3) is 0.188. The first-order chi connectivity index (χ1) is 11.3. The van der Waals surface area contributed by atoms with Gasteiger partial charge in [-0.2, -0.15) is 10.5 Å². The summed E-state index contributed by atoms with van der Waals surface area (Å²) in [6.45, 7) is 2.90. The van der Waals surface area contributed by atoms with Gasteiger partial charge in [0.05, 0.1) is 12.4 Å². The van der Waals surface area contributed by atoms with Crippen LogP contribution < -0.4 is 17.0 Å². The van der Waals surface area contributed by atoms with Gasteiger partial charge in [0, 0.05) is 6.92 Å². The van der Waals surface area contributed by atoms with Gasteiger partial charge in [-0.1, -0.05) is 17.3 Å². The van der Waals surface area contributed by atoms with Crippen LogP contribution in [0.1, 0.15) is 38.4 Å². The summed E-state index contributed by atoms with van der Waals surface area (Å²) < 4.78 is 0. The number of hydrogen-bond acceptors (Lipinski definition) is 8. The molecule has 0 amide bonds. The molecule has 1 atom stereocenters. The van der Waals surface area contributed by atoms with Crippen LogP contribution in [0.25, 0.3) is 0 Å². The number of carbonyl (C=O) groups excluding carboxylic acids is 1. The largest absolute Gasteiger partial charge is 2.00 e. The van der Waals surface area contributed by atoms with E-state index in [9.17, 15) is 9.90 Å². The third-order valence-corrected chi connectivity index (χ3v) is 4.35. The van der Waals surface area contributed by atoms with Crippen molar-refractivity contribution in [1.82, 2.24) is 9.97 Å². The molecular weight excluding hydrogens is 449 g/mol. The van der Waals surface area contributed by atoms with E-state index >= 15 is 0 Å². The van der Waals surface area contributed by atoms with Crippen molar-refractivity contribution in [3.8, 4) is 30.9 Å². The molecule has 0 saturated carbocycles. The van der Waals surface area contributed by atoms with Gasteiger partial charge in [-0.05, 0) is 6.92 Å². The summed E-state index contributed by atoms with van der Waals surface area (Å²) >= 11 is 2.22. The zero-order valence-corrected chi connectivity index (χ0v) is 18.5. The number of carbonyl (C=O) groups is 1. The van der Waals surface area contributed by atoms with Crippen LogP contribution in [0, 0.1) is 47.9 Å². The van der Waals surface area contributed by atoms with E-state index in [1.54, 1.807) is 0 Å². The van der Waals surface area contributed by atoms with E-state index in [1.165, 1.54) is 26.2 Å². The number of ketones is 1. The Kier molecular flexibility index (Phi) is 16.1. The number of aromatic nitrogens is 2. The van der Waals surface area contributed by atoms with Gasteiger partial charge in [0.2, 0.25) is 0 Å². The third kappa shape index (κ3) is 9.08. The zero-order valence-electron chi connectivity index (χ0n) is 13.9. The topological polar surface area (TPSA) is 111 Å². The number of hydrogen-bond donors (Lipinski definition) is 1. The first-order valence-electron chi connectivity index (χ1n) is 6.06. The quantitative estimate of drug-likeness (QED) is 0.264. The first-order valence-corrected chi connectivity index (χ1v) is 7.69. The van der Waals surface area contributed by atoms with Gasteiger partial charge in [0.1, 0.15) is 26.9 Å². The Bertz CT molecular complexity index is 854. The molecule has 0 aromatic carbocycles. The summed E-state index contributed by atoms with van der Waals surface area (Å²) in [7, 11) is 0. The van der Waals surface area contributed by atoms with Gasteiger partial charge in [-0.15, -0.1) is 17.8 Å². The summed E-state index contributed by atoms with van der Waals surface area (Å²) in [6, 6.07) is 3.83. The van der Waals surface area contributed by atoms with Crippen molar-refractivity contribution in [2.45, 2.75) is 19.4 Å². The molecule has 0 aliphatic heterocycles. The molecule has 0 aliphatic carbocycles. The van der Waals surface area contributed by atoms with Crippen molar-refractivity contribution in [3.05, 3.63) is 38.6 Å². The van der Waals surface area contributed by atoms with Crippen LogP contribution in [0.3, 0.4) is 0 Å². The van der Waals surface area contributed by atoms with Crippen molar-refractivity contribution < 1.29 is 26.9 Å². The number of nitriles is 2. The Morgan fingerprint density at radius 2 is 1.69 bits per heavy atom. The molecule has 1 unspecified atom stereocenters. The van der Waals surface area contributed by atoms with Gasteiger partial charge in [0.25, 0.3) is 0 Å². The number of nitrogens with zero attached hydrogens (tertiary/aromatic N) is 4. The second kappa shape index (κ2) is 14.4. The maximum absolute atomic E-state index is 10.6. The van der Waals surface area contributed by atoms with E-state index in [-0.39, 0.29) is 45.8 Å². The molecule has 128 valence electrons. The second-order valence-electron chi connectivity index (χ2n) is 4.06. The number of rotatable bonds is 2. The normalized spacial score (nSPS) is 10.1. The Labute approximate surface area is 186 Å². The van der Waals surface area contributed by atoms with Gasteiger partial charge < -0.3 is 34.9 Å². The van der Waals surface area contributed by atoms with Crippen LogP contribution in [0.15, 0.2) is 12.4 Å². The van der Waals surface area contributed by atoms with E-state index in [4.69, 9.17) is 23.4 Å². The van der Waals surface area contributed by atoms with Gasteiger partial charge >= 0.3 is 23.1 Å². The number of terminal acetylenes is 2. The summed E-state index contributed by atoms with van der Waals surface area (Å²) in [5, 5.41) is 27.1. The molecule has 2 rings (SSSR count). The molecule has 2 heterocycles. The summed E-state index contributed by atoms with van der Waals surface area (Å²) in [5.41, 5.74) is -1.36. The van der Waals surface area contributed by atoms with Crippen LogP contribution in [-0.2, 0) is 5.60 Å². The molecule has 0 fully saturated rings. The van der Waals surface area contributed by atoms with E-state index in [1.807, 2.05) is 12.1 Å². The Balaban J connectivity index is -0.000000350. The maximum Gasteiger partial charge on any atom is 2.00 e. The van der Waals surface area contributed by atoms with Crippen molar-refractivity contribution in [1.29, 1.82) is 10.5 Å². The SMILES string of the molecule is C#CC(C)(O)c1ncc(C#N)s1.CC(=O)c1ncc(C#N)s1.[Br-].[C-]#C.[Mg+2]. The van der Waals surface area contributed by atoms with E-state index < -0.39 is 5.60 Å². The molecule has 2 aromatic heterocycles. The van der Waals surface area contributed by atoms with E-state index in [2.05, 4.69) is 22.3 Å². The van der Waals surface area contributed by atoms with Crippen LogP contribution in [0.5, 0.6) is 0 Å². The van der Waals surface area contributed by atoms with Crippen LogP contribution in [0.2, 0.25) is 0 Å². The summed E-state index contributed by atoms with van der Waals surface area (Å²) in [6.07, 6.45) is 16.9. The molecule has 0 bridgehead atoms. The smallest absolute Gasteiger partial charge is 1.00 e. The molecule has 10 heteroatoms. The minimum atomic E-state index is -1.36. The minimum absolute atomic E-state index is 0. The molecule has 1 N–H and O–H groups in total. The predicted molar refractivity (Wildman–Crippen MR) is 96.0 cm³/mol.